The van der Waals surface area contributed by atoms with Crippen LogP contribution >= 0.6 is 15.9 Å². The van der Waals surface area contributed by atoms with Gasteiger partial charge in [0.2, 0.25) is 0 Å². The first-order chi connectivity index (χ1) is 11.6. The highest BCUT2D eigenvalue weighted by atomic mass is 79.9. The summed E-state index contributed by atoms with van der Waals surface area (Å²) in [5, 5.41) is 2.77. The van der Waals surface area contributed by atoms with E-state index in [4.69, 9.17) is 9.15 Å². The van der Waals surface area contributed by atoms with Crippen LogP contribution in [-0.2, 0) is 6.61 Å². The van der Waals surface area contributed by atoms with Crippen molar-refractivity contribution in [2.75, 3.05) is 5.32 Å². The standard InChI is InChI=1S/C18H15BrN2O3/c1-12-10-14(8-9-20-12)21-18(22)17-7-6-16(24-17)11-23-15-4-2-13(19)3-5-15/h2-10H,11H2,1H3,(H,20,21,22). The first-order valence-corrected chi connectivity index (χ1v) is 8.10. The lowest BCUT2D eigenvalue weighted by molar-refractivity contribution is 0.0992. The van der Waals surface area contributed by atoms with Crippen molar-refractivity contribution in [1.82, 2.24) is 4.98 Å². The van der Waals surface area contributed by atoms with Crippen molar-refractivity contribution in [3.05, 3.63) is 76.4 Å². The van der Waals surface area contributed by atoms with Crippen LogP contribution in [0.4, 0.5) is 5.69 Å². The Hall–Kier alpha value is -2.60. The molecule has 2 aromatic heterocycles. The van der Waals surface area contributed by atoms with Crippen LogP contribution in [0.25, 0.3) is 0 Å². The number of hydrogen-bond donors (Lipinski definition) is 1. The number of hydrogen-bond acceptors (Lipinski definition) is 4. The first kappa shape index (κ1) is 16.3. The molecule has 24 heavy (non-hydrogen) atoms. The molecule has 122 valence electrons. The summed E-state index contributed by atoms with van der Waals surface area (Å²) in [5.41, 5.74) is 1.51. The van der Waals surface area contributed by atoms with Gasteiger partial charge in [0.25, 0.3) is 5.91 Å². The number of anilines is 1. The van der Waals surface area contributed by atoms with Crippen LogP contribution in [0.1, 0.15) is 22.0 Å². The van der Waals surface area contributed by atoms with Gasteiger partial charge in [0.15, 0.2) is 5.76 Å². The van der Waals surface area contributed by atoms with Gasteiger partial charge < -0.3 is 14.5 Å². The second-order valence-corrected chi connectivity index (χ2v) is 6.06. The van der Waals surface area contributed by atoms with Gasteiger partial charge >= 0.3 is 0 Å². The van der Waals surface area contributed by atoms with Crippen molar-refractivity contribution in [2.45, 2.75) is 13.5 Å². The summed E-state index contributed by atoms with van der Waals surface area (Å²) >= 11 is 3.37. The number of amides is 1. The van der Waals surface area contributed by atoms with Crippen LogP contribution in [0.2, 0.25) is 0 Å². The number of nitrogens with zero attached hydrogens (tertiary/aromatic N) is 1. The van der Waals surface area contributed by atoms with Gasteiger partial charge in [-0.2, -0.15) is 0 Å². The molecule has 2 heterocycles. The fraction of sp³-hybridized carbons (Fsp3) is 0.111. The molecule has 0 radical (unpaired) electrons. The largest absolute Gasteiger partial charge is 0.486 e. The lowest BCUT2D eigenvalue weighted by atomic mass is 10.3. The average molecular weight is 387 g/mol. The third kappa shape index (κ3) is 4.23. The Morgan fingerprint density at radius 1 is 1.21 bits per heavy atom. The van der Waals surface area contributed by atoms with E-state index in [0.29, 0.717) is 11.4 Å². The molecule has 0 saturated heterocycles. The zero-order valence-corrected chi connectivity index (χ0v) is 14.5. The summed E-state index contributed by atoms with van der Waals surface area (Å²) in [6.45, 7) is 2.11. The molecule has 0 aliphatic rings. The van der Waals surface area contributed by atoms with E-state index >= 15 is 0 Å². The Morgan fingerprint density at radius 3 is 2.75 bits per heavy atom. The zero-order valence-electron chi connectivity index (χ0n) is 13.0. The van der Waals surface area contributed by atoms with Crippen molar-refractivity contribution < 1.29 is 13.9 Å². The SMILES string of the molecule is Cc1cc(NC(=O)c2ccc(COc3ccc(Br)cc3)o2)ccn1. The highest BCUT2D eigenvalue weighted by molar-refractivity contribution is 9.10. The summed E-state index contributed by atoms with van der Waals surface area (Å²) in [7, 11) is 0. The Balaban J connectivity index is 1.60. The van der Waals surface area contributed by atoms with E-state index < -0.39 is 0 Å². The molecule has 0 aliphatic heterocycles. The highest BCUT2D eigenvalue weighted by Gasteiger charge is 2.12. The number of furan rings is 1. The van der Waals surface area contributed by atoms with E-state index in [1.807, 2.05) is 31.2 Å². The summed E-state index contributed by atoms with van der Waals surface area (Å²) in [5.74, 6) is 1.23. The van der Waals surface area contributed by atoms with Crippen LogP contribution in [0.3, 0.4) is 0 Å². The monoisotopic (exact) mass is 386 g/mol. The Labute approximate surface area is 147 Å². The predicted octanol–water partition coefficient (Wildman–Crippen LogP) is 4.58. The van der Waals surface area contributed by atoms with Gasteiger partial charge in [-0.05, 0) is 55.5 Å². The number of benzene rings is 1. The highest BCUT2D eigenvalue weighted by Crippen LogP contribution is 2.18. The fourth-order valence-electron chi connectivity index (χ4n) is 2.08. The number of pyridine rings is 1. The third-order valence-corrected chi connectivity index (χ3v) is 3.76. The van der Waals surface area contributed by atoms with Crippen LogP contribution in [0, 0.1) is 6.92 Å². The molecule has 0 unspecified atom stereocenters. The van der Waals surface area contributed by atoms with Gasteiger partial charge in [0, 0.05) is 22.1 Å². The van der Waals surface area contributed by atoms with Gasteiger partial charge in [-0.15, -0.1) is 0 Å². The summed E-state index contributed by atoms with van der Waals surface area (Å²) in [4.78, 5) is 16.3. The molecular formula is C18H15BrN2O3. The van der Waals surface area contributed by atoms with Gasteiger partial charge in [-0.3, -0.25) is 9.78 Å². The molecule has 0 saturated carbocycles. The van der Waals surface area contributed by atoms with E-state index in [1.54, 1.807) is 30.5 Å². The molecule has 3 rings (SSSR count). The number of aromatic nitrogens is 1. The number of carbonyl (C=O) groups is 1. The minimum atomic E-state index is -0.310. The van der Waals surface area contributed by atoms with Gasteiger partial charge in [0.1, 0.15) is 18.1 Å². The van der Waals surface area contributed by atoms with Crippen LogP contribution in [0.15, 0.2) is 63.6 Å². The molecule has 0 spiro atoms. The third-order valence-electron chi connectivity index (χ3n) is 3.23. The van der Waals surface area contributed by atoms with Crippen LogP contribution < -0.4 is 10.1 Å². The second kappa shape index (κ2) is 7.31. The van der Waals surface area contributed by atoms with Gasteiger partial charge in [-0.25, -0.2) is 0 Å². The Bertz CT molecular complexity index is 843. The first-order valence-electron chi connectivity index (χ1n) is 7.31. The van der Waals surface area contributed by atoms with E-state index in [-0.39, 0.29) is 18.3 Å². The lowest BCUT2D eigenvalue weighted by Crippen LogP contribution is -2.11. The maximum absolute atomic E-state index is 12.2. The zero-order chi connectivity index (χ0) is 16.9. The van der Waals surface area contributed by atoms with Gasteiger partial charge in [0.05, 0.1) is 0 Å². The molecule has 5 nitrogen and oxygen atoms in total. The number of carbonyl (C=O) groups excluding carboxylic acids is 1. The maximum Gasteiger partial charge on any atom is 0.291 e. The van der Waals surface area contributed by atoms with Crippen molar-refractivity contribution in [1.29, 1.82) is 0 Å². The number of aryl methyl sites for hydroxylation is 1. The smallest absolute Gasteiger partial charge is 0.291 e. The molecular weight excluding hydrogens is 372 g/mol. The summed E-state index contributed by atoms with van der Waals surface area (Å²) in [6.07, 6.45) is 1.64. The molecule has 0 fully saturated rings. The Morgan fingerprint density at radius 2 is 2.00 bits per heavy atom. The lowest BCUT2D eigenvalue weighted by Gasteiger charge is -2.05. The maximum atomic E-state index is 12.2. The predicted molar refractivity (Wildman–Crippen MR) is 94.1 cm³/mol. The fourth-order valence-corrected chi connectivity index (χ4v) is 2.34. The Kier molecular flexibility index (Phi) is 4.96. The van der Waals surface area contributed by atoms with E-state index in [9.17, 15) is 4.79 Å². The summed E-state index contributed by atoms with van der Waals surface area (Å²) in [6, 6.07) is 14.4. The van der Waals surface area contributed by atoms with Crippen molar-refractivity contribution in [3.8, 4) is 5.75 Å². The minimum Gasteiger partial charge on any atom is -0.486 e. The molecule has 1 amide bonds. The van der Waals surface area contributed by atoms with Crippen molar-refractivity contribution >= 4 is 27.5 Å². The van der Waals surface area contributed by atoms with E-state index in [1.165, 1.54) is 0 Å². The molecule has 6 heteroatoms. The molecule has 0 atom stereocenters. The minimum absolute atomic E-state index is 0.235. The number of nitrogens with one attached hydrogen (secondary N) is 1. The second-order valence-electron chi connectivity index (χ2n) is 5.15. The van der Waals surface area contributed by atoms with Crippen molar-refractivity contribution in [2.24, 2.45) is 0 Å². The molecule has 1 aromatic carbocycles. The molecule has 1 N–H and O–H groups in total. The van der Waals surface area contributed by atoms with E-state index in [0.717, 1.165) is 15.9 Å². The normalized spacial score (nSPS) is 10.4. The number of ether oxygens (including phenoxy) is 1. The molecule has 0 aliphatic carbocycles. The van der Waals surface area contributed by atoms with Crippen LogP contribution in [-0.4, -0.2) is 10.9 Å². The quantitative estimate of drug-likeness (QED) is 0.696. The van der Waals surface area contributed by atoms with Crippen molar-refractivity contribution in [3.63, 3.8) is 0 Å². The molecule has 0 bridgehead atoms. The average Bonchev–Trinajstić information content (AvgIpc) is 3.03. The van der Waals surface area contributed by atoms with Gasteiger partial charge in [-0.1, -0.05) is 15.9 Å². The number of rotatable bonds is 5. The molecule has 3 aromatic rings. The van der Waals surface area contributed by atoms with E-state index in [2.05, 4.69) is 26.2 Å². The number of halogens is 1. The summed E-state index contributed by atoms with van der Waals surface area (Å²) < 4.78 is 12.1. The topological polar surface area (TPSA) is 64.4 Å². The van der Waals surface area contributed by atoms with Crippen LogP contribution in [0.5, 0.6) is 5.75 Å².